The van der Waals surface area contributed by atoms with Crippen molar-refractivity contribution in [3.05, 3.63) is 51.5 Å². The van der Waals surface area contributed by atoms with E-state index in [0.717, 1.165) is 10.0 Å². The van der Waals surface area contributed by atoms with Gasteiger partial charge in [0.05, 0.1) is 6.21 Å². The largest absolute Gasteiger partial charge is 0.325 e. The SMILES string of the molecule is C/C(Cl)=C/CN1C(N/N=C/C(Br)=C/c2ccccc2)=NC2C1C(=O)NC(=O)N2C. The molecule has 1 aromatic carbocycles. The number of rotatable bonds is 5. The fourth-order valence-corrected chi connectivity index (χ4v) is 3.38. The van der Waals surface area contributed by atoms with E-state index < -0.39 is 24.1 Å². The number of likely N-dealkylation sites (N-methyl/N-ethyl adjacent to an activating group) is 1. The summed E-state index contributed by atoms with van der Waals surface area (Å²) in [5.41, 5.74) is 3.89. The zero-order valence-electron chi connectivity index (χ0n) is 15.8. The highest BCUT2D eigenvalue weighted by atomic mass is 79.9. The van der Waals surface area contributed by atoms with Crippen LogP contribution in [-0.4, -0.2) is 59.7 Å². The third kappa shape index (κ3) is 5.04. The molecule has 0 aliphatic carbocycles. The first kappa shape index (κ1) is 21.1. The van der Waals surface area contributed by atoms with Crippen LogP contribution in [0, 0.1) is 0 Å². The van der Waals surface area contributed by atoms with E-state index in [1.54, 1.807) is 31.2 Å². The number of urea groups is 1. The first-order valence-electron chi connectivity index (χ1n) is 8.82. The molecule has 2 N–H and O–H groups in total. The number of nitrogens with one attached hydrogen (secondary N) is 2. The van der Waals surface area contributed by atoms with Gasteiger partial charge in [-0.1, -0.05) is 48.0 Å². The number of carbonyl (C=O) groups is 2. The molecule has 2 atom stereocenters. The lowest BCUT2D eigenvalue weighted by Crippen LogP contribution is -2.64. The van der Waals surface area contributed by atoms with Crippen LogP contribution in [-0.2, 0) is 4.79 Å². The van der Waals surface area contributed by atoms with Crippen LogP contribution in [0.1, 0.15) is 12.5 Å². The van der Waals surface area contributed by atoms with Gasteiger partial charge in [-0.2, -0.15) is 5.10 Å². The standard InChI is InChI=1S/C19H20BrClN6O2/c1-12(21)8-9-27-15-16(26(2)19(29)24-17(15)28)23-18(27)25-22-11-14(20)10-13-6-4-3-5-7-13/h3-8,10-11,15-16H,9H2,1-2H3,(H,23,25)(H,24,28,29)/b12-8-,14-10-,22-11+. The summed E-state index contributed by atoms with van der Waals surface area (Å²) in [6.45, 7) is 2.09. The van der Waals surface area contributed by atoms with Gasteiger partial charge in [-0.25, -0.2) is 15.2 Å². The molecule has 1 aromatic rings. The minimum absolute atomic E-state index is 0.342. The van der Waals surface area contributed by atoms with E-state index in [4.69, 9.17) is 11.6 Å². The van der Waals surface area contributed by atoms with Crippen molar-refractivity contribution >= 4 is 57.7 Å². The third-order valence-corrected chi connectivity index (χ3v) is 4.97. The summed E-state index contributed by atoms with van der Waals surface area (Å²) in [4.78, 5) is 31.9. The average Bonchev–Trinajstić information content (AvgIpc) is 3.04. The molecule has 8 nitrogen and oxygen atoms in total. The number of allylic oxidation sites excluding steroid dienone is 2. The Morgan fingerprint density at radius 2 is 2.10 bits per heavy atom. The van der Waals surface area contributed by atoms with Crippen molar-refractivity contribution in [2.24, 2.45) is 10.1 Å². The van der Waals surface area contributed by atoms with Gasteiger partial charge in [-0.15, -0.1) is 0 Å². The lowest BCUT2D eigenvalue weighted by atomic mass is 10.1. The van der Waals surface area contributed by atoms with Crippen LogP contribution in [0.5, 0.6) is 0 Å². The molecule has 0 saturated carbocycles. The topological polar surface area (TPSA) is 89.4 Å². The number of amides is 3. The summed E-state index contributed by atoms with van der Waals surface area (Å²) < 4.78 is 0.750. The maximum atomic E-state index is 12.4. The van der Waals surface area contributed by atoms with Gasteiger partial charge in [-0.3, -0.25) is 10.1 Å². The quantitative estimate of drug-likeness (QED) is 0.502. The predicted molar refractivity (Wildman–Crippen MR) is 118 cm³/mol. The molecule has 0 radical (unpaired) electrons. The van der Waals surface area contributed by atoms with E-state index >= 15 is 0 Å². The van der Waals surface area contributed by atoms with Crippen LogP contribution >= 0.6 is 27.5 Å². The van der Waals surface area contributed by atoms with Gasteiger partial charge >= 0.3 is 6.03 Å². The van der Waals surface area contributed by atoms with Crippen molar-refractivity contribution in [1.29, 1.82) is 0 Å². The Hall–Kier alpha value is -2.65. The van der Waals surface area contributed by atoms with E-state index in [9.17, 15) is 9.59 Å². The van der Waals surface area contributed by atoms with Crippen molar-refractivity contribution in [1.82, 2.24) is 20.5 Å². The summed E-state index contributed by atoms with van der Waals surface area (Å²) >= 11 is 9.41. The van der Waals surface area contributed by atoms with Gasteiger partial charge in [0.25, 0.3) is 5.91 Å². The van der Waals surface area contributed by atoms with E-state index in [-0.39, 0.29) is 0 Å². The highest BCUT2D eigenvalue weighted by molar-refractivity contribution is 9.12. The molecule has 0 spiro atoms. The second-order valence-electron chi connectivity index (χ2n) is 6.47. The number of guanidine groups is 1. The summed E-state index contributed by atoms with van der Waals surface area (Å²) in [6.07, 6.45) is 4.63. The van der Waals surface area contributed by atoms with Gasteiger partial charge in [0.2, 0.25) is 5.96 Å². The predicted octanol–water partition coefficient (Wildman–Crippen LogP) is 2.69. The number of hydrazone groups is 1. The second-order valence-corrected chi connectivity index (χ2v) is 7.98. The van der Waals surface area contributed by atoms with Crippen LogP contribution in [0.15, 0.2) is 56.0 Å². The smallest absolute Gasteiger partial charge is 0.322 e. The molecule has 1 fully saturated rings. The Balaban J connectivity index is 1.78. The number of nitrogens with zero attached hydrogens (tertiary/aromatic N) is 4. The Morgan fingerprint density at radius 1 is 1.38 bits per heavy atom. The van der Waals surface area contributed by atoms with E-state index in [2.05, 4.69) is 36.8 Å². The number of carbonyl (C=O) groups excluding carboxylic acids is 2. The van der Waals surface area contributed by atoms with E-state index in [1.807, 2.05) is 36.4 Å². The maximum absolute atomic E-state index is 12.4. The maximum Gasteiger partial charge on any atom is 0.325 e. The molecule has 2 aliphatic heterocycles. The fraction of sp³-hybridized carbons (Fsp3) is 0.263. The normalized spacial score (nSPS) is 22.7. The molecular weight excluding hydrogens is 460 g/mol. The summed E-state index contributed by atoms with van der Waals surface area (Å²) in [5.74, 6) is -0.0319. The lowest BCUT2D eigenvalue weighted by Gasteiger charge is -2.35. The molecule has 2 aliphatic rings. The van der Waals surface area contributed by atoms with Gasteiger partial charge in [0.1, 0.15) is 0 Å². The third-order valence-electron chi connectivity index (χ3n) is 4.39. The molecule has 2 unspecified atom stereocenters. The Kier molecular flexibility index (Phi) is 6.71. The van der Waals surface area contributed by atoms with Crippen LogP contribution in [0.25, 0.3) is 6.08 Å². The molecule has 3 rings (SSSR count). The molecule has 2 heterocycles. The Bertz CT molecular complexity index is 911. The summed E-state index contributed by atoms with van der Waals surface area (Å²) in [5, 5.41) is 7.13. The first-order valence-corrected chi connectivity index (χ1v) is 9.99. The van der Waals surface area contributed by atoms with Crippen LogP contribution in [0.4, 0.5) is 4.79 Å². The summed E-state index contributed by atoms with van der Waals surface area (Å²) in [6, 6.07) is 8.65. The van der Waals surface area contributed by atoms with Crippen LogP contribution in [0.2, 0.25) is 0 Å². The Labute approximate surface area is 182 Å². The highest BCUT2D eigenvalue weighted by Crippen LogP contribution is 2.23. The minimum atomic E-state index is -0.661. The van der Waals surface area contributed by atoms with Crippen LogP contribution < -0.4 is 10.7 Å². The van der Waals surface area contributed by atoms with E-state index in [1.165, 1.54) is 4.90 Å². The van der Waals surface area contributed by atoms with Crippen molar-refractivity contribution in [3.8, 4) is 0 Å². The monoisotopic (exact) mass is 478 g/mol. The molecule has 0 bridgehead atoms. The van der Waals surface area contributed by atoms with Crippen molar-refractivity contribution in [3.63, 3.8) is 0 Å². The van der Waals surface area contributed by atoms with Gasteiger partial charge in [0.15, 0.2) is 12.2 Å². The molecule has 1 saturated heterocycles. The van der Waals surface area contributed by atoms with Gasteiger partial charge in [-0.05, 0) is 34.5 Å². The number of halogens is 2. The number of imide groups is 1. The highest BCUT2D eigenvalue weighted by Gasteiger charge is 2.48. The molecule has 3 amide bonds. The zero-order chi connectivity index (χ0) is 21.0. The minimum Gasteiger partial charge on any atom is -0.322 e. The molecule has 0 aromatic heterocycles. The van der Waals surface area contributed by atoms with Gasteiger partial charge in [0, 0.05) is 23.1 Å². The second kappa shape index (κ2) is 9.23. The average molecular weight is 480 g/mol. The molecular formula is C19H20BrClN6O2. The van der Waals surface area contributed by atoms with Crippen LogP contribution in [0.3, 0.4) is 0 Å². The number of aliphatic imine (C=N–C) groups is 1. The first-order chi connectivity index (χ1) is 13.9. The fourth-order valence-electron chi connectivity index (χ4n) is 2.94. The number of hydrogen-bond donors (Lipinski definition) is 2. The van der Waals surface area contributed by atoms with E-state index in [0.29, 0.717) is 17.5 Å². The molecule has 152 valence electrons. The Morgan fingerprint density at radius 3 is 2.79 bits per heavy atom. The van der Waals surface area contributed by atoms with Crippen molar-refractivity contribution in [2.75, 3.05) is 13.6 Å². The number of benzene rings is 1. The number of fused-ring (bicyclic) bond motifs is 1. The van der Waals surface area contributed by atoms with Gasteiger partial charge < -0.3 is 9.80 Å². The van der Waals surface area contributed by atoms with Crippen molar-refractivity contribution < 1.29 is 9.59 Å². The molecule has 29 heavy (non-hydrogen) atoms. The lowest BCUT2D eigenvalue weighted by molar-refractivity contribution is -0.126. The zero-order valence-corrected chi connectivity index (χ0v) is 18.2. The van der Waals surface area contributed by atoms with Crippen molar-refractivity contribution in [2.45, 2.75) is 19.1 Å². The molecule has 10 heteroatoms. The number of hydrogen-bond acceptors (Lipinski definition) is 6. The summed E-state index contributed by atoms with van der Waals surface area (Å²) in [7, 11) is 1.59.